The van der Waals surface area contributed by atoms with Gasteiger partial charge < -0.3 is 0 Å². The van der Waals surface area contributed by atoms with Gasteiger partial charge in [-0.2, -0.15) is 5.26 Å². The summed E-state index contributed by atoms with van der Waals surface area (Å²) in [5.41, 5.74) is 3.02. The molecule has 6 nitrogen and oxygen atoms in total. The molecule has 6 aromatic rings. The summed E-state index contributed by atoms with van der Waals surface area (Å²) in [7, 11) is -3.96. The van der Waals surface area contributed by atoms with Crippen LogP contribution in [0.15, 0.2) is 94.9 Å². The maximum absolute atomic E-state index is 13.8. The van der Waals surface area contributed by atoms with E-state index in [4.69, 9.17) is 0 Å². The van der Waals surface area contributed by atoms with E-state index < -0.39 is 9.84 Å². The Hall–Kier alpha value is -4.06. The largest absolute Gasteiger partial charge is 0.297 e. The molecule has 3 aromatic carbocycles. The van der Waals surface area contributed by atoms with Crippen molar-refractivity contribution in [3.05, 3.63) is 90.6 Å². The minimum atomic E-state index is -3.96. The van der Waals surface area contributed by atoms with Crippen molar-refractivity contribution in [1.29, 1.82) is 5.26 Å². The third-order valence-electron chi connectivity index (χ3n) is 5.52. The van der Waals surface area contributed by atoms with E-state index in [-0.39, 0.29) is 20.9 Å². The van der Waals surface area contributed by atoms with Gasteiger partial charge in [0.05, 0.1) is 31.7 Å². The van der Waals surface area contributed by atoms with Crippen LogP contribution in [0.2, 0.25) is 0 Å². The Bertz CT molecular complexity index is 1810. The fourth-order valence-electron chi connectivity index (χ4n) is 4.00. The first-order valence-electron chi connectivity index (χ1n) is 10.1. The van der Waals surface area contributed by atoms with Crippen LogP contribution in [0.4, 0.5) is 0 Å². The summed E-state index contributed by atoms with van der Waals surface area (Å²) in [5.74, 6) is 0. The molecule has 0 radical (unpaired) electrons. The molecular formula is C25H14N4O2S2. The molecule has 0 fully saturated rings. The third-order valence-corrected chi connectivity index (χ3v) is 8.36. The van der Waals surface area contributed by atoms with Gasteiger partial charge in [-0.3, -0.25) is 4.40 Å². The number of sulfone groups is 1. The number of para-hydroxylation sites is 3. The Kier molecular flexibility index (Phi) is 4.30. The van der Waals surface area contributed by atoms with Crippen LogP contribution >= 0.6 is 11.3 Å². The maximum Gasteiger partial charge on any atom is 0.208 e. The standard InChI is InChI=1S/C25H14N4O2S2/c26-14-17-23(25-28-19-11-5-7-13-21(19)32-25)22(33(30,31)16-8-2-1-3-9-16)15-29-20-12-6-4-10-18(20)27-24(17)29/h1-13,15H. The molecule has 0 atom stereocenters. The monoisotopic (exact) mass is 466 g/mol. The van der Waals surface area contributed by atoms with Crippen molar-refractivity contribution >= 4 is 48.1 Å². The van der Waals surface area contributed by atoms with Crippen molar-refractivity contribution in [2.75, 3.05) is 0 Å². The van der Waals surface area contributed by atoms with Gasteiger partial charge in [0.1, 0.15) is 21.5 Å². The molecule has 0 N–H and O–H groups in total. The zero-order chi connectivity index (χ0) is 22.6. The van der Waals surface area contributed by atoms with Crippen molar-refractivity contribution < 1.29 is 8.42 Å². The number of nitrogens with zero attached hydrogens (tertiary/aromatic N) is 4. The first kappa shape index (κ1) is 19.6. The van der Waals surface area contributed by atoms with Gasteiger partial charge in [0.25, 0.3) is 0 Å². The number of pyridine rings is 1. The highest BCUT2D eigenvalue weighted by Gasteiger charge is 2.29. The molecule has 0 bridgehead atoms. The fraction of sp³-hybridized carbons (Fsp3) is 0. The van der Waals surface area contributed by atoms with Crippen molar-refractivity contribution in [2.24, 2.45) is 0 Å². The minimum Gasteiger partial charge on any atom is -0.297 e. The minimum absolute atomic E-state index is 0.0277. The molecule has 6 rings (SSSR count). The third kappa shape index (κ3) is 2.94. The summed E-state index contributed by atoms with van der Waals surface area (Å²) in [4.78, 5) is 9.51. The van der Waals surface area contributed by atoms with Gasteiger partial charge in [-0.1, -0.05) is 42.5 Å². The zero-order valence-electron chi connectivity index (χ0n) is 17.0. The topological polar surface area (TPSA) is 88.1 Å². The van der Waals surface area contributed by atoms with Crippen LogP contribution < -0.4 is 0 Å². The molecular weight excluding hydrogens is 452 g/mol. The molecule has 0 aliphatic heterocycles. The number of fused-ring (bicyclic) bond motifs is 4. The predicted octanol–water partition coefficient (Wildman–Crippen LogP) is 5.47. The number of aromatic nitrogens is 3. The van der Waals surface area contributed by atoms with E-state index in [2.05, 4.69) is 16.0 Å². The van der Waals surface area contributed by atoms with E-state index in [0.717, 1.165) is 15.7 Å². The molecule has 3 heterocycles. The van der Waals surface area contributed by atoms with Crippen molar-refractivity contribution in [2.45, 2.75) is 9.79 Å². The first-order chi connectivity index (χ1) is 16.1. The lowest BCUT2D eigenvalue weighted by Crippen LogP contribution is -2.08. The lowest BCUT2D eigenvalue weighted by atomic mass is 10.1. The Morgan fingerprint density at radius 3 is 2.30 bits per heavy atom. The number of rotatable bonds is 3. The molecule has 0 spiro atoms. The van der Waals surface area contributed by atoms with E-state index in [1.54, 1.807) is 40.9 Å². The molecule has 158 valence electrons. The summed E-state index contributed by atoms with van der Waals surface area (Å²) in [6.07, 6.45) is 1.56. The van der Waals surface area contributed by atoms with Crippen LogP contribution in [-0.4, -0.2) is 22.8 Å². The van der Waals surface area contributed by atoms with Gasteiger partial charge in [-0.05, 0) is 36.4 Å². The average molecular weight is 467 g/mol. The van der Waals surface area contributed by atoms with E-state index in [9.17, 15) is 13.7 Å². The number of benzene rings is 3. The lowest BCUT2D eigenvalue weighted by Gasteiger charge is -2.12. The maximum atomic E-state index is 13.8. The normalized spacial score (nSPS) is 11.8. The summed E-state index contributed by atoms with van der Waals surface area (Å²) >= 11 is 1.36. The van der Waals surface area contributed by atoms with Crippen LogP contribution in [0.1, 0.15) is 5.56 Å². The number of hydrogen-bond acceptors (Lipinski definition) is 6. The van der Waals surface area contributed by atoms with E-state index >= 15 is 0 Å². The SMILES string of the molecule is N#Cc1c(-c2nc3ccccc3s2)c(S(=O)(=O)c2ccccc2)cn2c1nc1ccccc12. The van der Waals surface area contributed by atoms with Crippen molar-refractivity contribution in [3.8, 4) is 16.6 Å². The van der Waals surface area contributed by atoms with Crippen molar-refractivity contribution in [3.63, 3.8) is 0 Å². The fourth-order valence-corrected chi connectivity index (χ4v) is 6.57. The Morgan fingerprint density at radius 1 is 0.848 bits per heavy atom. The molecule has 8 heteroatoms. The number of thiazole rings is 1. The average Bonchev–Trinajstić information content (AvgIpc) is 3.44. The Morgan fingerprint density at radius 2 is 1.55 bits per heavy atom. The first-order valence-corrected chi connectivity index (χ1v) is 12.4. The van der Waals surface area contributed by atoms with Crippen LogP contribution in [0.3, 0.4) is 0 Å². The molecule has 0 saturated heterocycles. The van der Waals surface area contributed by atoms with E-state index in [1.807, 2.05) is 48.5 Å². The summed E-state index contributed by atoms with van der Waals surface area (Å²) in [6.45, 7) is 0. The molecule has 3 aromatic heterocycles. The van der Waals surface area contributed by atoms with Gasteiger partial charge in [0, 0.05) is 6.20 Å². The van der Waals surface area contributed by atoms with Gasteiger partial charge in [0.15, 0.2) is 5.65 Å². The number of nitriles is 1. The smallest absolute Gasteiger partial charge is 0.208 e. The Labute approximate surface area is 192 Å². The van der Waals surface area contributed by atoms with Gasteiger partial charge >= 0.3 is 0 Å². The summed E-state index contributed by atoms with van der Waals surface area (Å²) in [5, 5.41) is 10.7. The van der Waals surface area contributed by atoms with Crippen LogP contribution in [-0.2, 0) is 9.84 Å². The molecule has 0 aliphatic carbocycles. The molecule has 0 unspecified atom stereocenters. The van der Waals surface area contributed by atoms with Crippen molar-refractivity contribution in [1.82, 2.24) is 14.4 Å². The van der Waals surface area contributed by atoms with E-state index in [0.29, 0.717) is 16.2 Å². The summed E-state index contributed by atoms with van der Waals surface area (Å²) < 4.78 is 30.3. The lowest BCUT2D eigenvalue weighted by molar-refractivity contribution is 0.596. The highest BCUT2D eigenvalue weighted by molar-refractivity contribution is 7.91. The highest BCUT2D eigenvalue weighted by atomic mass is 32.2. The number of hydrogen-bond donors (Lipinski definition) is 0. The van der Waals surface area contributed by atoms with Gasteiger partial charge in [0.2, 0.25) is 9.84 Å². The summed E-state index contributed by atoms with van der Waals surface area (Å²) in [6, 6.07) is 25.5. The second kappa shape index (κ2) is 7.24. The quantitative estimate of drug-likeness (QED) is 0.345. The van der Waals surface area contributed by atoms with E-state index in [1.165, 1.54) is 11.3 Å². The zero-order valence-corrected chi connectivity index (χ0v) is 18.6. The Balaban J connectivity index is 1.80. The van der Waals surface area contributed by atoms with Crippen LogP contribution in [0.25, 0.3) is 37.5 Å². The molecule has 0 amide bonds. The highest BCUT2D eigenvalue weighted by Crippen LogP contribution is 2.40. The second-order valence-corrected chi connectivity index (χ2v) is 10.4. The van der Waals surface area contributed by atoms with Crippen LogP contribution in [0.5, 0.6) is 0 Å². The van der Waals surface area contributed by atoms with Gasteiger partial charge in [-0.15, -0.1) is 11.3 Å². The molecule has 33 heavy (non-hydrogen) atoms. The van der Waals surface area contributed by atoms with Crippen LogP contribution in [0, 0.1) is 11.3 Å². The predicted molar refractivity (Wildman–Crippen MR) is 128 cm³/mol. The second-order valence-electron chi connectivity index (χ2n) is 7.45. The molecule has 0 saturated carbocycles. The van der Waals surface area contributed by atoms with Gasteiger partial charge in [-0.25, -0.2) is 18.4 Å². The number of imidazole rings is 1. The molecule has 0 aliphatic rings.